The van der Waals surface area contributed by atoms with E-state index in [9.17, 15) is 4.79 Å². The lowest BCUT2D eigenvalue weighted by molar-refractivity contribution is 0.0731. The summed E-state index contributed by atoms with van der Waals surface area (Å²) in [5, 5.41) is 8.07. The van der Waals surface area contributed by atoms with Crippen LogP contribution in [0.15, 0.2) is 36.4 Å². The predicted molar refractivity (Wildman–Crippen MR) is 92.6 cm³/mol. The van der Waals surface area contributed by atoms with Crippen LogP contribution in [0.3, 0.4) is 0 Å². The summed E-state index contributed by atoms with van der Waals surface area (Å²) in [7, 11) is 1.96. The summed E-state index contributed by atoms with van der Waals surface area (Å²) in [4.78, 5) is 13.4. The Hall–Kier alpha value is -2.34. The summed E-state index contributed by atoms with van der Waals surface area (Å²) in [5.41, 5.74) is 3.21. The maximum atomic E-state index is 11.6. The molecule has 1 aliphatic heterocycles. The minimum atomic E-state index is -0.206. The van der Waals surface area contributed by atoms with E-state index in [1.54, 1.807) is 4.90 Å². The van der Waals surface area contributed by atoms with Gasteiger partial charge < -0.3 is 15.0 Å². The van der Waals surface area contributed by atoms with Crippen LogP contribution in [0.4, 0.5) is 4.79 Å². The average molecular weight is 328 g/mol. The highest BCUT2D eigenvalue weighted by atomic mass is 16.6. The lowest BCUT2D eigenvalue weighted by atomic mass is 10.1. The van der Waals surface area contributed by atoms with Gasteiger partial charge in [-0.25, -0.2) is 4.79 Å². The Labute approximate surface area is 142 Å². The molecule has 1 aromatic carbocycles. The van der Waals surface area contributed by atoms with Crippen molar-refractivity contribution < 1.29 is 9.53 Å². The molecule has 2 aromatic rings. The van der Waals surface area contributed by atoms with Crippen LogP contribution < -0.4 is 5.32 Å². The minimum Gasteiger partial charge on any atom is -0.449 e. The third-order valence-electron chi connectivity index (χ3n) is 4.32. The molecule has 1 fully saturated rings. The Morgan fingerprint density at radius 1 is 1.33 bits per heavy atom. The molecule has 0 bridgehead atoms. The van der Waals surface area contributed by atoms with E-state index in [2.05, 4.69) is 35.5 Å². The Balaban J connectivity index is 1.58. The SMILES string of the molecule is CC(NCCN1CCCOC1=O)c1cc(-c2ccccc2)nn1C. The molecular formula is C18H24N4O2. The molecule has 0 saturated carbocycles. The number of ether oxygens (including phenoxy) is 1. The molecule has 1 unspecified atom stereocenters. The van der Waals surface area contributed by atoms with Crippen molar-refractivity contribution in [1.29, 1.82) is 0 Å². The van der Waals surface area contributed by atoms with Gasteiger partial charge in [-0.2, -0.15) is 5.10 Å². The fourth-order valence-electron chi connectivity index (χ4n) is 2.96. The number of nitrogens with one attached hydrogen (secondary N) is 1. The lowest BCUT2D eigenvalue weighted by Crippen LogP contribution is -2.42. The van der Waals surface area contributed by atoms with Gasteiger partial charge >= 0.3 is 6.09 Å². The first kappa shape index (κ1) is 16.5. The highest BCUT2D eigenvalue weighted by molar-refractivity contribution is 5.68. The second-order valence-electron chi connectivity index (χ2n) is 6.07. The molecule has 1 amide bonds. The monoisotopic (exact) mass is 328 g/mol. The third-order valence-corrected chi connectivity index (χ3v) is 4.32. The molecular weight excluding hydrogens is 304 g/mol. The number of carbonyl (C=O) groups excluding carboxylic acids is 1. The van der Waals surface area contributed by atoms with Crippen molar-refractivity contribution in [3.8, 4) is 11.3 Å². The summed E-state index contributed by atoms with van der Waals surface area (Å²) < 4.78 is 6.96. The first-order chi connectivity index (χ1) is 11.6. The Morgan fingerprint density at radius 3 is 2.88 bits per heavy atom. The summed E-state index contributed by atoms with van der Waals surface area (Å²) in [6.07, 6.45) is 0.700. The number of nitrogens with zero attached hydrogens (tertiary/aromatic N) is 3. The molecule has 0 aliphatic carbocycles. The third kappa shape index (κ3) is 3.76. The fourth-order valence-corrected chi connectivity index (χ4v) is 2.96. The van der Waals surface area contributed by atoms with Crippen LogP contribution >= 0.6 is 0 Å². The molecule has 1 N–H and O–H groups in total. The molecule has 3 rings (SSSR count). The Kier molecular flexibility index (Phi) is 5.15. The van der Waals surface area contributed by atoms with E-state index in [-0.39, 0.29) is 12.1 Å². The van der Waals surface area contributed by atoms with E-state index in [1.165, 1.54) is 0 Å². The molecule has 1 saturated heterocycles. The quantitative estimate of drug-likeness (QED) is 0.885. The fraction of sp³-hybridized carbons (Fsp3) is 0.444. The second-order valence-corrected chi connectivity index (χ2v) is 6.07. The Bertz CT molecular complexity index is 684. The lowest BCUT2D eigenvalue weighted by Gasteiger charge is -2.27. The zero-order chi connectivity index (χ0) is 16.9. The minimum absolute atomic E-state index is 0.153. The zero-order valence-electron chi connectivity index (χ0n) is 14.2. The van der Waals surface area contributed by atoms with Crippen molar-refractivity contribution in [3.63, 3.8) is 0 Å². The van der Waals surface area contributed by atoms with Crippen molar-refractivity contribution in [1.82, 2.24) is 20.0 Å². The van der Waals surface area contributed by atoms with E-state index >= 15 is 0 Å². The second kappa shape index (κ2) is 7.49. The number of amides is 1. The zero-order valence-corrected chi connectivity index (χ0v) is 14.2. The summed E-state index contributed by atoms with van der Waals surface area (Å²) in [6, 6.07) is 12.4. The van der Waals surface area contributed by atoms with Crippen LogP contribution in [-0.4, -0.2) is 47.0 Å². The highest BCUT2D eigenvalue weighted by Gasteiger charge is 2.19. The molecule has 1 atom stereocenters. The number of aromatic nitrogens is 2. The van der Waals surface area contributed by atoms with E-state index in [0.717, 1.165) is 36.5 Å². The van der Waals surface area contributed by atoms with Gasteiger partial charge in [0.05, 0.1) is 18.0 Å². The molecule has 0 spiro atoms. The van der Waals surface area contributed by atoms with Gasteiger partial charge in [0.25, 0.3) is 0 Å². The van der Waals surface area contributed by atoms with E-state index in [4.69, 9.17) is 4.74 Å². The molecule has 6 nitrogen and oxygen atoms in total. The van der Waals surface area contributed by atoms with Gasteiger partial charge in [-0.3, -0.25) is 4.68 Å². The summed E-state index contributed by atoms with van der Waals surface area (Å²) in [6.45, 7) is 4.81. The first-order valence-electron chi connectivity index (χ1n) is 8.39. The van der Waals surface area contributed by atoms with Crippen LogP contribution in [0.5, 0.6) is 0 Å². The number of hydrogen-bond acceptors (Lipinski definition) is 4. The van der Waals surface area contributed by atoms with Crippen LogP contribution in [0.25, 0.3) is 11.3 Å². The van der Waals surface area contributed by atoms with E-state index in [1.807, 2.05) is 29.9 Å². The van der Waals surface area contributed by atoms with Crippen molar-refractivity contribution >= 4 is 6.09 Å². The maximum absolute atomic E-state index is 11.6. The van der Waals surface area contributed by atoms with Gasteiger partial charge in [0.1, 0.15) is 0 Å². The van der Waals surface area contributed by atoms with Gasteiger partial charge in [0.15, 0.2) is 0 Å². The maximum Gasteiger partial charge on any atom is 0.409 e. The van der Waals surface area contributed by atoms with Crippen LogP contribution in [0.2, 0.25) is 0 Å². The van der Waals surface area contributed by atoms with Crippen LogP contribution in [0, 0.1) is 0 Å². The number of rotatable bonds is 6. The number of hydrogen-bond donors (Lipinski definition) is 1. The molecule has 24 heavy (non-hydrogen) atoms. The van der Waals surface area contributed by atoms with Crippen LogP contribution in [-0.2, 0) is 11.8 Å². The number of cyclic esters (lactones) is 1. The molecule has 128 valence electrons. The summed E-state index contributed by atoms with van der Waals surface area (Å²) >= 11 is 0. The first-order valence-corrected chi connectivity index (χ1v) is 8.39. The van der Waals surface area contributed by atoms with Gasteiger partial charge in [0, 0.05) is 38.3 Å². The van der Waals surface area contributed by atoms with E-state index in [0.29, 0.717) is 13.2 Å². The number of benzene rings is 1. The topological polar surface area (TPSA) is 59.4 Å². The van der Waals surface area contributed by atoms with Gasteiger partial charge in [-0.15, -0.1) is 0 Å². The summed E-state index contributed by atoms with van der Waals surface area (Å²) in [5.74, 6) is 0. The van der Waals surface area contributed by atoms with Crippen LogP contribution in [0.1, 0.15) is 25.1 Å². The number of aryl methyl sites for hydroxylation is 1. The van der Waals surface area contributed by atoms with Gasteiger partial charge in [-0.1, -0.05) is 30.3 Å². The highest BCUT2D eigenvalue weighted by Crippen LogP contribution is 2.21. The molecule has 0 radical (unpaired) electrons. The number of carbonyl (C=O) groups is 1. The molecule has 6 heteroatoms. The van der Waals surface area contributed by atoms with Crippen molar-refractivity contribution in [3.05, 3.63) is 42.1 Å². The average Bonchev–Trinajstić information content (AvgIpc) is 2.99. The van der Waals surface area contributed by atoms with Crippen molar-refractivity contribution in [2.45, 2.75) is 19.4 Å². The van der Waals surface area contributed by atoms with Crippen molar-refractivity contribution in [2.24, 2.45) is 7.05 Å². The normalized spacial score (nSPS) is 16.1. The Morgan fingerprint density at radius 2 is 2.12 bits per heavy atom. The van der Waals surface area contributed by atoms with Gasteiger partial charge in [-0.05, 0) is 19.4 Å². The molecule has 1 aromatic heterocycles. The van der Waals surface area contributed by atoms with Crippen molar-refractivity contribution in [2.75, 3.05) is 26.2 Å². The van der Waals surface area contributed by atoms with Gasteiger partial charge in [0.2, 0.25) is 0 Å². The largest absolute Gasteiger partial charge is 0.449 e. The molecule has 2 heterocycles. The smallest absolute Gasteiger partial charge is 0.409 e. The standard InChI is InChI=1S/C18H24N4O2/c1-14(19-9-11-22-10-6-12-24-18(22)23)17-13-16(20-21(17)2)15-7-4-3-5-8-15/h3-5,7-8,13-14,19H,6,9-12H2,1-2H3. The van der Waals surface area contributed by atoms with E-state index < -0.39 is 0 Å². The predicted octanol–water partition coefficient (Wildman–Crippen LogP) is 2.58. The molecule has 1 aliphatic rings.